The number of benzene rings is 2. The molecule has 0 atom stereocenters. The monoisotopic (exact) mass is 274 g/mol. The Balaban J connectivity index is 1.97. The summed E-state index contributed by atoms with van der Waals surface area (Å²) in [5, 5.41) is 1.76. The van der Waals surface area contributed by atoms with E-state index in [1.807, 2.05) is 30.3 Å². The first-order chi connectivity index (χ1) is 10.3. The largest absolute Gasteiger partial charge is 0.268 e. The van der Waals surface area contributed by atoms with Gasteiger partial charge in [0.15, 0.2) is 0 Å². The Hall–Kier alpha value is -3.01. The molecule has 4 heteroatoms. The van der Waals surface area contributed by atoms with Gasteiger partial charge in [-0.2, -0.15) is 0 Å². The molecule has 0 saturated carbocycles. The van der Waals surface area contributed by atoms with Crippen LogP contribution >= 0.6 is 0 Å². The molecule has 1 aromatic heterocycles. The number of fused-ring (bicyclic) bond motifs is 3. The molecule has 1 aliphatic rings. The van der Waals surface area contributed by atoms with Gasteiger partial charge in [-0.3, -0.25) is 14.6 Å². The van der Waals surface area contributed by atoms with Crippen LogP contribution in [0.15, 0.2) is 60.9 Å². The third-order valence-electron chi connectivity index (χ3n) is 3.70. The highest BCUT2D eigenvalue weighted by Crippen LogP contribution is 2.32. The highest BCUT2D eigenvalue weighted by molar-refractivity contribution is 6.37. The molecular weight excluding hydrogens is 264 g/mol. The van der Waals surface area contributed by atoms with Gasteiger partial charge in [-0.15, -0.1) is 0 Å². The summed E-state index contributed by atoms with van der Waals surface area (Å²) in [6.07, 6.45) is 3.13. The zero-order chi connectivity index (χ0) is 14.4. The lowest BCUT2D eigenvalue weighted by Gasteiger charge is -2.12. The minimum atomic E-state index is -0.285. The standard InChI is InChI=1S/C17H10N2O2/c20-16-14-6-5-11-3-1-2-4-13(11)15(14)17(21)19(16)12-7-9-18-10-8-12/h1-10H. The number of anilines is 1. The van der Waals surface area contributed by atoms with Crippen molar-refractivity contribution in [2.75, 3.05) is 4.90 Å². The van der Waals surface area contributed by atoms with Crippen LogP contribution in [0.4, 0.5) is 5.69 Å². The Kier molecular flexibility index (Phi) is 2.38. The Bertz CT molecular complexity index is 888. The van der Waals surface area contributed by atoms with Gasteiger partial charge in [0.1, 0.15) is 0 Å². The summed E-state index contributed by atoms with van der Waals surface area (Å²) in [4.78, 5) is 30.4. The van der Waals surface area contributed by atoms with Crippen molar-refractivity contribution in [2.45, 2.75) is 0 Å². The number of carbonyl (C=O) groups excluding carboxylic acids is 2. The summed E-state index contributed by atoms with van der Waals surface area (Å²) >= 11 is 0. The van der Waals surface area contributed by atoms with Crippen molar-refractivity contribution in [1.82, 2.24) is 4.98 Å². The predicted molar refractivity (Wildman–Crippen MR) is 79.3 cm³/mol. The highest BCUT2D eigenvalue weighted by Gasteiger charge is 2.37. The molecule has 4 rings (SSSR count). The molecule has 0 radical (unpaired) electrons. The molecule has 0 N–H and O–H groups in total. The van der Waals surface area contributed by atoms with Gasteiger partial charge < -0.3 is 0 Å². The lowest BCUT2D eigenvalue weighted by Crippen LogP contribution is -2.29. The van der Waals surface area contributed by atoms with Crippen molar-refractivity contribution in [3.8, 4) is 0 Å². The Morgan fingerprint density at radius 2 is 1.57 bits per heavy atom. The summed E-state index contributed by atoms with van der Waals surface area (Å²) < 4.78 is 0. The third-order valence-corrected chi connectivity index (χ3v) is 3.70. The molecule has 21 heavy (non-hydrogen) atoms. The van der Waals surface area contributed by atoms with Crippen LogP contribution in [0.25, 0.3) is 10.8 Å². The number of aromatic nitrogens is 1. The molecule has 2 amide bonds. The minimum absolute atomic E-state index is 0.280. The average molecular weight is 274 g/mol. The van der Waals surface area contributed by atoms with Gasteiger partial charge in [0.25, 0.3) is 11.8 Å². The Labute approximate surface area is 120 Å². The third kappa shape index (κ3) is 1.59. The maximum absolute atomic E-state index is 12.7. The van der Waals surface area contributed by atoms with E-state index in [-0.39, 0.29) is 11.8 Å². The average Bonchev–Trinajstić information content (AvgIpc) is 2.80. The van der Waals surface area contributed by atoms with E-state index in [4.69, 9.17) is 0 Å². The molecule has 0 fully saturated rings. The fourth-order valence-corrected chi connectivity index (χ4v) is 2.73. The van der Waals surface area contributed by atoms with E-state index in [2.05, 4.69) is 4.98 Å². The minimum Gasteiger partial charge on any atom is -0.268 e. The molecule has 0 aliphatic carbocycles. The van der Waals surface area contributed by atoms with E-state index in [0.29, 0.717) is 16.8 Å². The number of pyridine rings is 1. The Morgan fingerprint density at radius 3 is 2.38 bits per heavy atom. The quantitative estimate of drug-likeness (QED) is 0.641. The molecule has 0 unspecified atom stereocenters. The summed E-state index contributed by atoms with van der Waals surface area (Å²) in [5.74, 6) is -0.565. The molecule has 2 heterocycles. The first kappa shape index (κ1) is 11.8. The number of rotatable bonds is 1. The predicted octanol–water partition coefficient (Wildman–Crippen LogP) is 3.04. The SMILES string of the molecule is O=C1c2ccc3ccccc3c2C(=O)N1c1ccncc1. The van der Waals surface area contributed by atoms with Gasteiger partial charge in [-0.1, -0.05) is 30.3 Å². The molecular formula is C17H10N2O2. The van der Waals surface area contributed by atoms with Crippen molar-refractivity contribution in [2.24, 2.45) is 0 Å². The lowest BCUT2D eigenvalue weighted by molar-refractivity contribution is 0.0926. The lowest BCUT2D eigenvalue weighted by atomic mass is 10.0. The van der Waals surface area contributed by atoms with Crippen LogP contribution in [0, 0.1) is 0 Å². The molecule has 0 bridgehead atoms. The molecule has 1 aliphatic heterocycles. The van der Waals surface area contributed by atoms with Gasteiger partial charge in [0.2, 0.25) is 0 Å². The van der Waals surface area contributed by atoms with Crippen molar-refractivity contribution >= 4 is 28.3 Å². The fraction of sp³-hybridized carbons (Fsp3) is 0. The van der Waals surface area contributed by atoms with Crippen molar-refractivity contribution in [1.29, 1.82) is 0 Å². The van der Waals surface area contributed by atoms with Crippen LogP contribution in [0.5, 0.6) is 0 Å². The van der Waals surface area contributed by atoms with Crippen LogP contribution in [0.3, 0.4) is 0 Å². The normalized spacial score (nSPS) is 13.8. The van der Waals surface area contributed by atoms with E-state index >= 15 is 0 Å². The number of carbonyl (C=O) groups is 2. The van der Waals surface area contributed by atoms with E-state index < -0.39 is 0 Å². The highest BCUT2D eigenvalue weighted by atomic mass is 16.2. The molecule has 100 valence electrons. The second-order valence-electron chi connectivity index (χ2n) is 4.86. The van der Waals surface area contributed by atoms with Crippen molar-refractivity contribution in [3.05, 3.63) is 72.1 Å². The number of nitrogens with zero attached hydrogens (tertiary/aromatic N) is 2. The van der Waals surface area contributed by atoms with Crippen LogP contribution in [0.1, 0.15) is 20.7 Å². The topological polar surface area (TPSA) is 50.3 Å². The van der Waals surface area contributed by atoms with E-state index in [1.165, 1.54) is 4.90 Å². The number of hydrogen-bond acceptors (Lipinski definition) is 3. The zero-order valence-electron chi connectivity index (χ0n) is 11.0. The van der Waals surface area contributed by atoms with Crippen LogP contribution < -0.4 is 4.90 Å². The van der Waals surface area contributed by atoms with E-state index in [1.54, 1.807) is 30.6 Å². The molecule has 4 nitrogen and oxygen atoms in total. The molecule has 2 aromatic carbocycles. The first-order valence-electron chi connectivity index (χ1n) is 6.58. The molecule has 0 spiro atoms. The fourth-order valence-electron chi connectivity index (χ4n) is 2.73. The van der Waals surface area contributed by atoms with Gasteiger partial charge in [0, 0.05) is 12.4 Å². The number of imide groups is 1. The van der Waals surface area contributed by atoms with Gasteiger partial charge in [-0.05, 0) is 29.0 Å². The second-order valence-corrected chi connectivity index (χ2v) is 4.86. The zero-order valence-corrected chi connectivity index (χ0v) is 11.0. The first-order valence-corrected chi connectivity index (χ1v) is 6.58. The smallest absolute Gasteiger partial charge is 0.266 e. The van der Waals surface area contributed by atoms with Crippen molar-refractivity contribution in [3.63, 3.8) is 0 Å². The van der Waals surface area contributed by atoms with Crippen LogP contribution in [-0.4, -0.2) is 16.8 Å². The van der Waals surface area contributed by atoms with Gasteiger partial charge >= 0.3 is 0 Å². The second kappa shape index (κ2) is 4.24. The van der Waals surface area contributed by atoms with Crippen LogP contribution in [-0.2, 0) is 0 Å². The summed E-state index contributed by atoms with van der Waals surface area (Å²) in [5.41, 5.74) is 1.48. The molecule has 3 aromatic rings. The maximum Gasteiger partial charge on any atom is 0.266 e. The van der Waals surface area contributed by atoms with Gasteiger partial charge in [0.05, 0.1) is 16.8 Å². The van der Waals surface area contributed by atoms with Crippen molar-refractivity contribution < 1.29 is 9.59 Å². The number of amides is 2. The van der Waals surface area contributed by atoms with Gasteiger partial charge in [-0.25, -0.2) is 4.90 Å². The maximum atomic E-state index is 12.7. The van der Waals surface area contributed by atoms with E-state index in [0.717, 1.165) is 10.8 Å². The Morgan fingerprint density at radius 1 is 0.810 bits per heavy atom. The van der Waals surface area contributed by atoms with Crippen LogP contribution in [0.2, 0.25) is 0 Å². The summed E-state index contributed by atoms with van der Waals surface area (Å²) in [6, 6.07) is 14.5. The molecule has 0 saturated heterocycles. The summed E-state index contributed by atoms with van der Waals surface area (Å²) in [6.45, 7) is 0. The number of hydrogen-bond donors (Lipinski definition) is 0. The summed E-state index contributed by atoms with van der Waals surface area (Å²) in [7, 11) is 0. The van der Waals surface area contributed by atoms with E-state index in [9.17, 15) is 9.59 Å².